The molecule has 4 rings (SSSR count). The zero-order valence-electron chi connectivity index (χ0n) is 19.7. The van der Waals surface area contributed by atoms with E-state index in [2.05, 4.69) is 10.2 Å². The van der Waals surface area contributed by atoms with E-state index >= 15 is 4.39 Å². The summed E-state index contributed by atoms with van der Waals surface area (Å²) in [6.07, 6.45) is 0. The molecule has 0 saturated carbocycles. The van der Waals surface area contributed by atoms with Crippen LogP contribution >= 0.6 is 11.6 Å². The largest absolute Gasteiger partial charge is 0.434 e. The lowest BCUT2D eigenvalue weighted by Crippen LogP contribution is -2.48. The van der Waals surface area contributed by atoms with Crippen LogP contribution in [0.15, 0.2) is 38.4 Å². The third-order valence-corrected chi connectivity index (χ3v) is 8.60. The van der Waals surface area contributed by atoms with Gasteiger partial charge in [-0.2, -0.15) is 4.31 Å². The number of carbonyl (C=O) groups is 1. The van der Waals surface area contributed by atoms with Gasteiger partial charge in [-0.25, -0.2) is 22.7 Å². The van der Waals surface area contributed by atoms with Crippen molar-refractivity contribution in [1.29, 1.82) is 0 Å². The Morgan fingerprint density at radius 2 is 1.94 bits per heavy atom. The monoisotopic (exact) mass is 522 g/mol. The van der Waals surface area contributed by atoms with Crippen LogP contribution in [0.5, 0.6) is 0 Å². The van der Waals surface area contributed by atoms with Crippen molar-refractivity contribution in [2.24, 2.45) is 0 Å². The summed E-state index contributed by atoms with van der Waals surface area (Å²) in [6, 6.07) is 4.45. The third kappa shape index (κ3) is 4.07. The van der Waals surface area contributed by atoms with Crippen molar-refractivity contribution >= 4 is 33.1 Å². The Bertz CT molecular complexity index is 1500. The smallest absolute Gasteiger partial charge is 0.391 e. The van der Waals surface area contributed by atoms with Crippen LogP contribution in [0.2, 0.25) is 5.02 Å². The van der Waals surface area contributed by atoms with Gasteiger partial charge in [-0.1, -0.05) is 24.6 Å². The number of sulfonamides is 1. The highest BCUT2D eigenvalue weighted by Gasteiger charge is 2.46. The minimum absolute atomic E-state index is 0.0892. The zero-order chi connectivity index (χ0) is 25.8. The van der Waals surface area contributed by atoms with Crippen molar-refractivity contribution in [1.82, 2.24) is 14.5 Å². The van der Waals surface area contributed by atoms with Gasteiger partial charge in [0.05, 0.1) is 22.9 Å². The van der Waals surface area contributed by atoms with Gasteiger partial charge in [0, 0.05) is 13.0 Å². The minimum atomic E-state index is -4.27. The Kier molecular flexibility index (Phi) is 6.37. The van der Waals surface area contributed by atoms with Gasteiger partial charge in [-0.15, -0.1) is 5.10 Å². The normalized spacial score (nSPS) is 17.2. The molecule has 1 N–H and O–H groups in total. The summed E-state index contributed by atoms with van der Waals surface area (Å²) < 4.78 is 49.2. The van der Waals surface area contributed by atoms with Gasteiger partial charge in [-0.05, 0) is 55.7 Å². The van der Waals surface area contributed by atoms with E-state index in [9.17, 15) is 18.0 Å². The molecule has 1 aliphatic rings. The molecule has 0 aliphatic carbocycles. The summed E-state index contributed by atoms with van der Waals surface area (Å²) in [5, 5.41) is 6.19. The summed E-state index contributed by atoms with van der Waals surface area (Å²) in [6.45, 7) is 6.30. The molecule has 0 saturated heterocycles. The molecular formula is C23H24ClFN4O5S. The highest BCUT2D eigenvalue weighted by molar-refractivity contribution is 7.89. The van der Waals surface area contributed by atoms with Crippen molar-refractivity contribution in [2.75, 3.05) is 18.6 Å². The fraction of sp³-hybridized carbons (Fsp3) is 0.348. The number of H-pyrrole nitrogens is 1. The molecule has 2 atom stereocenters. The molecule has 3 aromatic rings. The predicted molar refractivity (Wildman–Crippen MR) is 128 cm³/mol. The maximum absolute atomic E-state index is 15.1. The first-order chi connectivity index (χ1) is 16.4. The number of ketones is 1. The number of nitrogens with zero attached hydrogens (tertiary/aromatic N) is 3. The van der Waals surface area contributed by atoms with Gasteiger partial charge in [0.25, 0.3) is 0 Å². The summed E-state index contributed by atoms with van der Waals surface area (Å²) in [5.41, 5.74) is 2.01. The average Bonchev–Trinajstić information content (AvgIpc) is 3.20. The number of fused-ring (bicyclic) bond motifs is 1. The van der Waals surface area contributed by atoms with Crippen molar-refractivity contribution in [3.63, 3.8) is 0 Å². The Hall–Kier alpha value is -3.02. The first kappa shape index (κ1) is 25.1. The Balaban J connectivity index is 1.96. The van der Waals surface area contributed by atoms with Crippen molar-refractivity contribution in [2.45, 2.75) is 44.6 Å². The molecule has 0 radical (unpaired) electrons. The number of nitrogens with one attached hydrogen (secondary N) is 1. The molecule has 0 bridgehead atoms. The van der Waals surface area contributed by atoms with E-state index in [0.29, 0.717) is 5.56 Å². The molecule has 1 aliphatic heterocycles. The second-order valence-corrected chi connectivity index (χ2v) is 10.9. The van der Waals surface area contributed by atoms with Crippen molar-refractivity contribution in [3.8, 4) is 0 Å². The molecular weight excluding hydrogens is 499 g/mol. The van der Waals surface area contributed by atoms with Crippen LogP contribution in [0.25, 0.3) is 0 Å². The van der Waals surface area contributed by atoms with Crippen LogP contribution in [0, 0.1) is 19.7 Å². The van der Waals surface area contributed by atoms with E-state index in [-0.39, 0.29) is 45.1 Å². The molecule has 12 heteroatoms. The van der Waals surface area contributed by atoms with Gasteiger partial charge in [0.1, 0.15) is 16.8 Å². The Morgan fingerprint density at radius 1 is 1.26 bits per heavy atom. The number of hydrogen-bond donors (Lipinski definition) is 1. The second-order valence-electron chi connectivity index (χ2n) is 8.64. The van der Waals surface area contributed by atoms with E-state index < -0.39 is 33.6 Å². The van der Waals surface area contributed by atoms with Gasteiger partial charge >= 0.3 is 5.76 Å². The molecule has 35 heavy (non-hydrogen) atoms. The standard InChI is InChI=1S/C23H24ClFN4O5S/c1-11-6-8-16(25)18(12(11)2)13(3)20(22-26-27-23(31)34-22)29-10-28(5)21-17(35(29,32)33)9-7-15(24)19(21)14(4)30/h6-9,13,20H,10H2,1-5H3,(H,27,31)/t13-,20+/m1/s1. The number of Topliss-reactive ketones (excluding diaryl/α,β-unsaturated/α-hetero) is 1. The van der Waals surface area contributed by atoms with Crippen LogP contribution < -0.4 is 10.7 Å². The molecule has 0 unspecified atom stereocenters. The molecule has 186 valence electrons. The number of carbonyl (C=O) groups excluding carboxylic acids is 1. The summed E-state index contributed by atoms with van der Waals surface area (Å²) >= 11 is 6.23. The van der Waals surface area contributed by atoms with Crippen LogP contribution in [-0.4, -0.2) is 42.4 Å². The Labute approximate surface area is 206 Å². The Morgan fingerprint density at radius 3 is 2.54 bits per heavy atom. The second kappa shape index (κ2) is 8.89. The zero-order valence-corrected chi connectivity index (χ0v) is 21.3. The quantitative estimate of drug-likeness (QED) is 0.505. The topological polar surface area (TPSA) is 117 Å². The van der Waals surface area contributed by atoms with E-state index in [4.69, 9.17) is 16.0 Å². The van der Waals surface area contributed by atoms with Crippen LogP contribution in [0.3, 0.4) is 0 Å². The van der Waals surface area contributed by atoms with Crippen LogP contribution in [-0.2, 0) is 10.0 Å². The number of benzene rings is 2. The SMILES string of the molecule is CC(=O)c1c(Cl)ccc2c1N(C)CN([C@H](c1n[nH]c(=O)o1)[C@H](C)c1c(F)ccc(C)c1C)S2(=O)=O. The van der Waals surface area contributed by atoms with Gasteiger partial charge in [0.2, 0.25) is 15.9 Å². The summed E-state index contributed by atoms with van der Waals surface area (Å²) in [7, 11) is -2.66. The molecule has 2 heterocycles. The maximum Gasteiger partial charge on any atom is 0.434 e. The number of rotatable bonds is 5. The third-order valence-electron chi connectivity index (χ3n) is 6.44. The van der Waals surface area contributed by atoms with E-state index in [0.717, 1.165) is 9.87 Å². The van der Waals surface area contributed by atoms with Crippen LogP contribution in [0.4, 0.5) is 10.1 Å². The van der Waals surface area contributed by atoms with Gasteiger partial charge < -0.3 is 9.32 Å². The van der Waals surface area contributed by atoms with E-state index in [1.807, 2.05) is 6.92 Å². The lowest BCUT2D eigenvalue weighted by molar-refractivity contribution is 0.101. The molecule has 0 fully saturated rings. The number of aromatic amines is 1. The minimum Gasteiger partial charge on any atom is -0.391 e. The number of aromatic nitrogens is 2. The van der Waals surface area contributed by atoms with Crippen molar-refractivity contribution in [3.05, 3.63) is 73.8 Å². The van der Waals surface area contributed by atoms with E-state index in [1.54, 1.807) is 31.9 Å². The summed E-state index contributed by atoms with van der Waals surface area (Å²) in [5.74, 6) is -2.78. The summed E-state index contributed by atoms with van der Waals surface area (Å²) in [4.78, 5) is 25.6. The number of anilines is 1. The number of hydrogen-bond acceptors (Lipinski definition) is 7. The van der Waals surface area contributed by atoms with Gasteiger partial charge in [0.15, 0.2) is 5.78 Å². The fourth-order valence-corrected chi connectivity index (χ4v) is 6.84. The number of halogens is 2. The lowest BCUT2D eigenvalue weighted by atomic mass is 9.87. The van der Waals surface area contributed by atoms with Gasteiger partial charge in [-0.3, -0.25) is 4.79 Å². The average molecular weight is 523 g/mol. The van der Waals surface area contributed by atoms with Crippen LogP contribution in [0.1, 0.15) is 58.7 Å². The molecule has 0 spiro atoms. The van der Waals surface area contributed by atoms with E-state index in [1.165, 1.54) is 25.1 Å². The molecule has 2 aromatic carbocycles. The predicted octanol–water partition coefficient (Wildman–Crippen LogP) is 3.92. The number of aryl methyl sites for hydroxylation is 1. The molecule has 9 nitrogen and oxygen atoms in total. The fourth-order valence-electron chi connectivity index (χ4n) is 4.66. The highest BCUT2D eigenvalue weighted by Crippen LogP contribution is 2.45. The lowest BCUT2D eigenvalue weighted by Gasteiger charge is -2.41. The first-order valence-electron chi connectivity index (χ1n) is 10.7. The van der Waals surface area contributed by atoms with Crippen molar-refractivity contribution < 1.29 is 22.0 Å². The molecule has 0 amide bonds. The highest BCUT2D eigenvalue weighted by atomic mass is 35.5. The molecule has 1 aromatic heterocycles. The maximum atomic E-state index is 15.1. The first-order valence-corrected chi connectivity index (χ1v) is 12.6.